The lowest BCUT2D eigenvalue weighted by Gasteiger charge is -2.32. The highest BCUT2D eigenvalue weighted by Gasteiger charge is 2.29. The highest BCUT2D eigenvalue weighted by molar-refractivity contribution is 5.22. The number of hydrogen-bond acceptors (Lipinski definition) is 4. The Kier molecular flexibility index (Phi) is 4.84. The first kappa shape index (κ1) is 15.8. The van der Waals surface area contributed by atoms with Gasteiger partial charge in [0.1, 0.15) is 5.75 Å². The maximum atomic E-state index is 9.25. The van der Waals surface area contributed by atoms with Gasteiger partial charge in [0.2, 0.25) is 5.88 Å². The van der Waals surface area contributed by atoms with Crippen LogP contribution in [0.15, 0.2) is 30.9 Å². The Morgan fingerprint density at radius 1 is 1.26 bits per heavy atom. The van der Waals surface area contributed by atoms with E-state index in [-0.39, 0.29) is 5.88 Å². The minimum Gasteiger partial charge on any atom is -0.493 e. The van der Waals surface area contributed by atoms with E-state index >= 15 is 0 Å². The van der Waals surface area contributed by atoms with E-state index in [0.29, 0.717) is 30.2 Å². The van der Waals surface area contributed by atoms with Crippen LogP contribution in [0.2, 0.25) is 0 Å². The van der Waals surface area contributed by atoms with Crippen molar-refractivity contribution in [3.8, 4) is 11.6 Å². The molecule has 1 aliphatic carbocycles. The third kappa shape index (κ3) is 3.66. The molecule has 0 amide bonds. The summed E-state index contributed by atoms with van der Waals surface area (Å²) in [4.78, 5) is 8.23. The van der Waals surface area contributed by atoms with Gasteiger partial charge in [0.25, 0.3) is 0 Å². The van der Waals surface area contributed by atoms with Gasteiger partial charge in [-0.3, -0.25) is 0 Å². The second kappa shape index (κ2) is 7.02. The molecule has 2 aromatic rings. The predicted octanol–water partition coefficient (Wildman–Crippen LogP) is 3.92. The monoisotopic (exact) mass is 315 g/mol. The van der Waals surface area contributed by atoms with Crippen molar-refractivity contribution < 1.29 is 9.84 Å². The minimum absolute atomic E-state index is 0.0220. The largest absolute Gasteiger partial charge is 0.493 e. The number of rotatable bonds is 5. The molecule has 2 atom stereocenters. The molecule has 3 rings (SSSR count). The number of nitrogens with zero attached hydrogens (tertiary/aromatic N) is 3. The van der Waals surface area contributed by atoms with E-state index in [4.69, 9.17) is 4.74 Å². The first-order valence-electron chi connectivity index (χ1n) is 8.44. The van der Waals surface area contributed by atoms with E-state index < -0.39 is 0 Å². The molecule has 2 unspecified atom stereocenters. The summed E-state index contributed by atoms with van der Waals surface area (Å²) in [5.41, 5.74) is 1.33. The van der Waals surface area contributed by atoms with E-state index in [1.54, 1.807) is 18.3 Å². The highest BCUT2D eigenvalue weighted by atomic mass is 16.5. The summed E-state index contributed by atoms with van der Waals surface area (Å²) >= 11 is 0. The molecule has 1 saturated carbocycles. The molecule has 0 aromatic carbocycles. The molecule has 0 aliphatic heterocycles. The molecular formula is C18H25N3O2. The van der Waals surface area contributed by atoms with Gasteiger partial charge in [-0.25, -0.2) is 9.97 Å². The van der Waals surface area contributed by atoms with Crippen LogP contribution in [0.3, 0.4) is 0 Å². The van der Waals surface area contributed by atoms with Crippen LogP contribution >= 0.6 is 0 Å². The fourth-order valence-corrected chi connectivity index (χ4v) is 3.49. The molecule has 1 fully saturated rings. The van der Waals surface area contributed by atoms with Crippen LogP contribution in [-0.2, 0) is 0 Å². The maximum Gasteiger partial charge on any atom is 0.210 e. The van der Waals surface area contributed by atoms with Gasteiger partial charge in [0, 0.05) is 35.8 Å². The third-order valence-electron chi connectivity index (χ3n) is 4.73. The zero-order valence-electron chi connectivity index (χ0n) is 13.9. The molecule has 0 saturated heterocycles. The lowest BCUT2D eigenvalue weighted by molar-refractivity contribution is 0.181. The van der Waals surface area contributed by atoms with Crippen molar-refractivity contribution in [2.24, 2.45) is 5.92 Å². The number of ether oxygens (including phenoxy) is 1. The Balaban J connectivity index is 1.71. The van der Waals surface area contributed by atoms with E-state index in [2.05, 4.69) is 28.4 Å². The van der Waals surface area contributed by atoms with Crippen LogP contribution in [0.1, 0.15) is 57.2 Å². The van der Waals surface area contributed by atoms with Crippen molar-refractivity contribution in [1.82, 2.24) is 14.5 Å². The van der Waals surface area contributed by atoms with Crippen molar-refractivity contribution in [2.45, 2.75) is 51.5 Å². The van der Waals surface area contributed by atoms with Gasteiger partial charge in [0.05, 0.1) is 19.1 Å². The molecule has 124 valence electrons. The topological polar surface area (TPSA) is 60.2 Å². The molecule has 0 spiro atoms. The molecule has 0 radical (unpaired) electrons. The van der Waals surface area contributed by atoms with Gasteiger partial charge in [0.15, 0.2) is 0 Å². The molecule has 23 heavy (non-hydrogen) atoms. The summed E-state index contributed by atoms with van der Waals surface area (Å²) in [6, 6.07) is 3.75. The molecule has 1 aliphatic rings. The average Bonchev–Trinajstić information content (AvgIpc) is 3.04. The summed E-state index contributed by atoms with van der Waals surface area (Å²) in [6.07, 6.45) is 10.4. The lowest BCUT2D eigenvalue weighted by atomic mass is 9.78. The Morgan fingerprint density at radius 3 is 2.83 bits per heavy atom. The molecule has 1 N–H and O–H groups in total. The number of pyridine rings is 1. The van der Waals surface area contributed by atoms with Crippen LogP contribution in [0.5, 0.6) is 11.6 Å². The Morgan fingerprint density at radius 2 is 2.09 bits per heavy atom. The smallest absolute Gasteiger partial charge is 0.210 e. The average molecular weight is 315 g/mol. The number of aromatic nitrogens is 3. The fraction of sp³-hybridized carbons (Fsp3) is 0.556. The van der Waals surface area contributed by atoms with Crippen molar-refractivity contribution in [3.05, 3.63) is 36.5 Å². The summed E-state index contributed by atoms with van der Waals surface area (Å²) in [6.45, 7) is 5.07. The van der Waals surface area contributed by atoms with Gasteiger partial charge in [-0.15, -0.1) is 0 Å². The van der Waals surface area contributed by atoms with E-state index in [1.165, 1.54) is 31.4 Å². The number of aromatic hydroxyl groups is 1. The van der Waals surface area contributed by atoms with Crippen LogP contribution in [-0.4, -0.2) is 26.2 Å². The van der Waals surface area contributed by atoms with Crippen LogP contribution in [0, 0.1) is 5.92 Å². The minimum atomic E-state index is 0.0220. The lowest BCUT2D eigenvalue weighted by Crippen LogP contribution is -2.26. The van der Waals surface area contributed by atoms with Gasteiger partial charge >= 0.3 is 0 Å². The Hall–Kier alpha value is -2.04. The van der Waals surface area contributed by atoms with E-state index in [1.807, 2.05) is 12.5 Å². The fourth-order valence-electron chi connectivity index (χ4n) is 3.49. The molecule has 5 nitrogen and oxygen atoms in total. The highest BCUT2D eigenvalue weighted by Crippen LogP contribution is 2.38. The second-order valence-electron chi connectivity index (χ2n) is 6.63. The summed E-state index contributed by atoms with van der Waals surface area (Å²) in [7, 11) is 0. The first-order valence-corrected chi connectivity index (χ1v) is 8.44. The van der Waals surface area contributed by atoms with Gasteiger partial charge < -0.3 is 14.4 Å². The quantitative estimate of drug-likeness (QED) is 0.908. The van der Waals surface area contributed by atoms with Crippen molar-refractivity contribution in [2.75, 3.05) is 6.61 Å². The maximum absolute atomic E-state index is 9.25. The van der Waals surface area contributed by atoms with E-state index in [9.17, 15) is 5.11 Å². The van der Waals surface area contributed by atoms with Gasteiger partial charge in [-0.05, 0) is 32.8 Å². The predicted molar refractivity (Wildman–Crippen MR) is 88.7 cm³/mol. The summed E-state index contributed by atoms with van der Waals surface area (Å²) < 4.78 is 8.21. The van der Waals surface area contributed by atoms with Crippen LogP contribution < -0.4 is 4.74 Å². The summed E-state index contributed by atoms with van der Waals surface area (Å²) in [5.74, 6) is 1.73. The van der Waals surface area contributed by atoms with Crippen molar-refractivity contribution >= 4 is 0 Å². The number of hydrogen-bond donors (Lipinski definition) is 1. The normalized spacial score (nSPS) is 21.5. The zero-order chi connectivity index (χ0) is 16.2. The van der Waals surface area contributed by atoms with E-state index in [0.717, 1.165) is 0 Å². The molecule has 5 heteroatoms. The van der Waals surface area contributed by atoms with Gasteiger partial charge in [-0.1, -0.05) is 12.8 Å². The molecule has 0 bridgehead atoms. The molecule has 2 aromatic heterocycles. The van der Waals surface area contributed by atoms with Crippen molar-refractivity contribution in [1.29, 1.82) is 0 Å². The summed E-state index contributed by atoms with van der Waals surface area (Å²) in [5, 5.41) is 9.25. The third-order valence-corrected chi connectivity index (χ3v) is 4.73. The SMILES string of the molecule is CC(C)n1cncc1C1CCCCC1COc1ccc(O)nc1. The van der Waals surface area contributed by atoms with Crippen LogP contribution in [0.4, 0.5) is 0 Å². The zero-order valence-corrected chi connectivity index (χ0v) is 13.9. The van der Waals surface area contributed by atoms with Crippen LogP contribution in [0.25, 0.3) is 0 Å². The Labute approximate surface area is 137 Å². The second-order valence-corrected chi connectivity index (χ2v) is 6.63. The standard InChI is InChI=1S/C18H25N3O2/c1-13(2)21-12-19-10-17(21)16-6-4-3-5-14(16)11-23-15-7-8-18(22)20-9-15/h7-10,12-14,16H,3-6,11H2,1-2H3,(H,20,22). The van der Waals surface area contributed by atoms with Gasteiger partial charge in [-0.2, -0.15) is 0 Å². The first-order chi connectivity index (χ1) is 11.1. The molecule has 2 heterocycles. The Bertz CT molecular complexity index is 621. The molecular weight excluding hydrogens is 290 g/mol. The number of imidazole rings is 1. The van der Waals surface area contributed by atoms with Crippen molar-refractivity contribution in [3.63, 3.8) is 0 Å².